The van der Waals surface area contributed by atoms with Crippen LogP contribution in [-0.2, 0) is 7.05 Å². The van der Waals surface area contributed by atoms with Gasteiger partial charge < -0.3 is 9.30 Å². The number of aldehydes is 1. The molecule has 2 aromatic rings. The summed E-state index contributed by atoms with van der Waals surface area (Å²) in [7, 11) is 3.50. The van der Waals surface area contributed by atoms with Gasteiger partial charge in [0, 0.05) is 18.8 Å². The van der Waals surface area contributed by atoms with Gasteiger partial charge in [-0.25, -0.2) is 0 Å². The molecule has 0 radical (unpaired) electrons. The van der Waals surface area contributed by atoms with Gasteiger partial charge in [0.1, 0.15) is 5.75 Å². The van der Waals surface area contributed by atoms with Crippen molar-refractivity contribution in [1.82, 2.24) is 4.57 Å². The lowest BCUT2D eigenvalue weighted by Gasteiger charge is -2.05. The first kappa shape index (κ1) is 10.2. The monoisotopic (exact) mass is 267 g/mol. The van der Waals surface area contributed by atoms with Gasteiger partial charge in [0.25, 0.3) is 0 Å². The molecule has 1 heterocycles. The molecule has 0 unspecified atom stereocenters. The number of halogens is 1. The molecule has 15 heavy (non-hydrogen) atoms. The number of fused-ring (bicyclic) bond motifs is 1. The Kier molecular flexibility index (Phi) is 2.52. The molecule has 0 aliphatic carbocycles. The van der Waals surface area contributed by atoms with Crippen LogP contribution in [0.1, 0.15) is 10.4 Å². The molecule has 4 heteroatoms. The van der Waals surface area contributed by atoms with Crippen molar-refractivity contribution in [3.05, 3.63) is 28.4 Å². The van der Waals surface area contributed by atoms with E-state index in [0.717, 1.165) is 21.7 Å². The maximum atomic E-state index is 10.9. The van der Waals surface area contributed by atoms with E-state index in [1.54, 1.807) is 13.3 Å². The zero-order chi connectivity index (χ0) is 11.0. The highest BCUT2D eigenvalue weighted by atomic mass is 79.9. The van der Waals surface area contributed by atoms with Crippen molar-refractivity contribution in [3.63, 3.8) is 0 Å². The van der Waals surface area contributed by atoms with E-state index in [0.29, 0.717) is 11.3 Å². The predicted molar refractivity (Wildman–Crippen MR) is 62.6 cm³/mol. The van der Waals surface area contributed by atoms with E-state index in [4.69, 9.17) is 4.74 Å². The summed E-state index contributed by atoms with van der Waals surface area (Å²) < 4.78 is 8.06. The van der Waals surface area contributed by atoms with Gasteiger partial charge in [-0.05, 0) is 28.1 Å². The van der Waals surface area contributed by atoms with Crippen LogP contribution in [0, 0.1) is 0 Å². The molecule has 1 aromatic heterocycles. The van der Waals surface area contributed by atoms with E-state index < -0.39 is 0 Å². The van der Waals surface area contributed by atoms with Crippen LogP contribution in [-0.4, -0.2) is 18.0 Å². The average molecular weight is 268 g/mol. The molecule has 0 aliphatic rings. The van der Waals surface area contributed by atoms with Crippen LogP contribution >= 0.6 is 15.9 Å². The topological polar surface area (TPSA) is 31.2 Å². The van der Waals surface area contributed by atoms with Crippen LogP contribution in [0.25, 0.3) is 10.9 Å². The highest BCUT2D eigenvalue weighted by molar-refractivity contribution is 9.10. The molecular weight excluding hydrogens is 258 g/mol. The SMILES string of the molecule is COc1c(Br)ccc2c1c(C=O)cn2C. The zero-order valence-corrected chi connectivity index (χ0v) is 10.0. The molecule has 78 valence electrons. The average Bonchev–Trinajstić information content (AvgIpc) is 2.55. The summed E-state index contributed by atoms with van der Waals surface area (Å²) in [5.41, 5.74) is 1.63. The third-order valence-electron chi connectivity index (χ3n) is 2.42. The largest absolute Gasteiger partial charge is 0.495 e. The molecule has 0 aliphatic heterocycles. The minimum Gasteiger partial charge on any atom is -0.495 e. The maximum absolute atomic E-state index is 10.9. The standard InChI is InChI=1S/C11H10BrNO2/c1-13-5-7(6-14)10-9(13)4-3-8(12)11(10)15-2/h3-6H,1-2H3. The summed E-state index contributed by atoms with van der Waals surface area (Å²) in [6, 6.07) is 3.87. The van der Waals surface area contributed by atoms with Crippen LogP contribution < -0.4 is 4.74 Å². The first-order chi connectivity index (χ1) is 7.19. The van der Waals surface area contributed by atoms with Gasteiger partial charge in [-0.15, -0.1) is 0 Å². The summed E-state index contributed by atoms with van der Waals surface area (Å²) in [5.74, 6) is 0.704. The smallest absolute Gasteiger partial charge is 0.152 e. The Hall–Kier alpha value is -1.29. The minimum atomic E-state index is 0.644. The minimum absolute atomic E-state index is 0.644. The lowest BCUT2D eigenvalue weighted by molar-refractivity contribution is 0.112. The predicted octanol–water partition coefficient (Wildman–Crippen LogP) is 2.76. The molecule has 0 saturated carbocycles. The Morgan fingerprint density at radius 2 is 2.20 bits per heavy atom. The number of ether oxygens (including phenoxy) is 1. The highest BCUT2D eigenvalue weighted by Crippen LogP contribution is 2.35. The molecule has 0 fully saturated rings. The number of methoxy groups -OCH3 is 1. The van der Waals surface area contributed by atoms with E-state index >= 15 is 0 Å². The van der Waals surface area contributed by atoms with Gasteiger partial charge in [0.15, 0.2) is 6.29 Å². The first-order valence-corrected chi connectivity index (χ1v) is 5.25. The Balaban J connectivity index is 2.94. The summed E-state index contributed by atoms with van der Waals surface area (Å²) in [4.78, 5) is 10.9. The van der Waals surface area contributed by atoms with Crippen LogP contribution in [0.15, 0.2) is 22.8 Å². The number of hydrogen-bond donors (Lipinski definition) is 0. The van der Waals surface area contributed by atoms with Gasteiger partial charge in [0.2, 0.25) is 0 Å². The summed E-state index contributed by atoms with van der Waals surface area (Å²) in [6.45, 7) is 0. The van der Waals surface area contributed by atoms with Crippen molar-refractivity contribution in [1.29, 1.82) is 0 Å². The number of rotatable bonds is 2. The Bertz CT molecular complexity index is 531. The van der Waals surface area contributed by atoms with E-state index in [-0.39, 0.29) is 0 Å². The summed E-state index contributed by atoms with van der Waals surface area (Å²) >= 11 is 3.40. The molecule has 1 aromatic carbocycles. The zero-order valence-electron chi connectivity index (χ0n) is 8.45. The van der Waals surface area contributed by atoms with Crippen LogP contribution in [0.3, 0.4) is 0 Å². The fourth-order valence-electron chi connectivity index (χ4n) is 1.75. The van der Waals surface area contributed by atoms with E-state index in [1.807, 2.05) is 23.7 Å². The van der Waals surface area contributed by atoms with Gasteiger partial charge in [-0.2, -0.15) is 0 Å². The van der Waals surface area contributed by atoms with Crippen molar-refractivity contribution in [2.75, 3.05) is 7.11 Å². The summed E-state index contributed by atoms with van der Waals surface area (Å²) in [6.07, 6.45) is 2.64. The molecule has 0 amide bonds. The molecule has 0 bridgehead atoms. The molecule has 0 spiro atoms. The number of aromatic nitrogens is 1. The lowest BCUT2D eigenvalue weighted by Crippen LogP contribution is -1.88. The maximum Gasteiger partial charge on any atom is 0.152 e. The van der Waals surface area contributed by atoms with Gasteiger partial charge >= 0.3 is 0 Å². The van der Waals surface area contributed by atoms with Crippen LogP contribution in [0.2, 0.25) is 0 Å². The lowest BCUT2D eigenvalue weighted by atomic mass is 10.2. The quantitative estimate of drug-likeness (QED) is 0.784. The number of carbonyl (C=O) groups is 1. The second-order valence-corrected chi connectivity index (χ2v) is 4.14. The number of aryl methyl sites for hydroxylation is 1. The molecule has 0 N–H and O–H groups in total. The van der Waals surface area contributed by atoms with Crippen molar-refractivity contribution in [2.24, 2.45) is 7.05 Å². The van der Waals surface area contributed by atoms with Crippen molar-refractivity contribution in [2.45, 2.75) is 0 Å². The Morgan fingerprint density at radius 3 is 2.80 bits per heavy atom. The van der Waals surface area contributed by atoms with Gasteiger partial charge in [-0.3, -0.25) is 4.79 Å². The number of benzene rings is 1. The highest BCUT2D eigenvalue weighted by Gasteiger charge is 2.13. The Morgan fingerprint density at radius 1 is 1.47 bits per heavy atom. The van der Waals surface area contributed by atoms with E-state index in [1.165, 1.54) is 0 Å². The first-order valence-electron chi connectivity index (χ1n) is 4.45. The molecule has 0 saturated heterocycles. The van der Waals surface area contributed by atoms with Crippen molar-refractivity contribution >= 4 is 33.1 Å². The van der Waals surface area contributed by atoms with E-state index in [2.05, 4.69) is 15.9 Å². The number of hydrogen-bond acceptors (Lipinski definition) is 2. The molecule has 2 rings (SSSR count). The van der Waals surface area contributed by atoms with Crippen molar-refractivity contribution in [3.8, 4) is 5.75 Å². The normalized spacial score (nSPS) is 10.6. The third kappa shape index (κ3) is 1.45. The fourth-order valence-corrected chi connectivity index (χ4v) is 2.24. The van der Waals surface area contributed by atoms with Crippen molar-refractivity contribution < 1.29 is 9.53 Å². The van der Waals surface area contributed by atoms with Crippen LogP contribution in [0.4, 0.5) is 0 Å². The van der Waals surface area contributed by atoms with E-state index in [9.17, 15) is 4.79 Å². The summed E-state index contributed by atoms with van der Waals surface area (Å²) in [5, 5.41) is 0.851. The molecular formula is C11H10BrNO2. The van der Waals surface area contributed by atoms with Crippen LogP contribution in [0.5, 0.6) is 5.75 Å². The molecule has 0 atom stereocenters. The third-order valence-corrected chi connectivity index (χ3v) is 3.04. The number of carbonyl (C=O) groups excluding carboxylic acids is 1. The fraction of sp³-hybridized carbons (Fsp3) is 0.182. The molecule has 3 nitrogen and oxygen atoms in total. The van der Waals surface area contributed by atoms with Gasteiger partial charge in [0.05, 0.1) is 22.5 Å². The number of nitrogens with zero attached hydrogens (tertiary/aromatic N) is 1. The Labute approximate surface area is 95.8 Å². The second-order valence-electron chi connectivity index (χ2n) is 3.29. The second kappa shape index (κ2) is 3.70. The van der Waals surface area contributed by atoms with Gasteiger partial charge in [-0.1, -0.05) is 0 Å².